The average molecular weight is 341 g/mol. The van der Waals surface area contributed by atoms with E-state index < -0.39 is 0 Å². The number of hydrogen-bond acceptors (Lipinski definition) is 4. The summed E-state index contributed by atoms with van der Waals surface area (Å²) in [4.78, 5) is 21.9. The van der Waals surface area contributed by atoms with Gasteiger partial charge < -0.3 is 4.90 Å². The molecule has 0 unspecified atom stereocenters. The van der Waals surface area contributed by atoms with Crippen LogP contribution < -0.4 is 0 Å². The highest BCUT2D eigenvalue weighted by Crippen LogP contribution is 2.25. The fourth-order valence-electron chi connectivity index (χ4n) is 4.18. The van der Waals surface area contributed by atoms with Crippen molar-refractivity contribution in [2.75, 3.05) is 26.2 Å². The van der Waals surface area contributed by atoms with Crippen LogP contribution in [0.5, 0.6) is 0 Å². The molecule has 2 aromatic rings. The van der Waals surface area contributed by atoms with E-state index in [0.29, 0.717) is 5.56 Å². The summed E-state index contributed by atoms with van der Waals surface area (Å²) < 4.78 is 1.89. The molecule has 134 valence electrons. The van der Waals surface area contributed by atoms with Crippen LogP contribution in [0.3, 0.4) is 0 Å². The summed E-state index contributed by atoms with van der Waals surface area (Å²) in [6.07, 6.45) is 8.88. The van der Waals surface area contributed by atoms with Crippen molar-refractivity contribution < 1.29 is 4.79 Å². The molecular weight excluding hydrogens is 314 g/mol. The second-order valence-corrected chi connectivity index (χ2v) is 7.59. The molecule has 0 N–H and O–H groups in total. The van der Waals surface area contributed by atoms with Crippen molar-refractivity contribution in [1.82, 2.24) is 24.6 Å². The molecule has 1 amide bonds. The van der Waals surface area contributed by atoms with Gasteiger partial charge in [-0.25, -0.2) is 9.67 Å². The molecule has 25 heavy (non-hydrogen) atoms. The highest BCUT2D eigenvalue weighted by Gasteiger charge is 2.28. The van der Waals surface area contributed by atoms with Crippen molar-refractivity contribution in [1.29, 1.82) is 0 Å². The number of nitrogens with zero attached hydrogens (tertiary/aromatic N) is 5. The number of rotatable bonds is 3. The molecule has 0 aromatic carbocycles. The third-order valence-corrected chi connectivity index (χ3v) is 5.61. The minimum atomic E-state index is 0.0952. The first-order chi connectivity index (χ1) is 12.1. The van der Waals surface area contributed by atoms with Crippen molar-refractivity contribution in [3.63, 3.8) is 0 Å². The van der Waals surface area contributed by atoms with E-state index in [0.717, 1.165) is 43.3 Å². The van der Waals surface area contributed by atoms with Crippen LogP contribution in [0.4, 0.5) is 0 Å². The Labute approximate surface area is 148 Å². The van der Waals surface area contributed by atoms with Gasteiger partial charge in [0.15, 0.2) is 5.65 Å². The smallest absolute Gasteiger partial charge is 0.255 e. The molecule has 0 bridgehead atoms. The van der Waals surface area contributed by atoms with E-state index >= 15 is 0 Å². The van der Waals surface area contributed by atoms with Gasteiger partial charge in [-0.2, -0.15) is 5.10 Å². The maximum absolute atomic E-state index is 12.9. The third kappa shape index (κ3) is 3.15. The lowest BCUT2D eigenvalue weighted by Crippen LogP contribution is -2.51. The number of carbonyl (C=O) groups is 1. The Hall–Kier alpha value is -1.95. The molecule has 0 spiro atoms. The highest BCUT2D eigenvalue weighted by molar-refractivity contribution is 5.96. The van der Waals surface area contributed by atoms with E-state index in [9.17, 15) is 4.79 Å². The Morgan fingerprint density at radius 3 is 2.52 bits per heavy atom. The number of aromatic nitrogens is 3. The Bertz CT molecular complexity index is 754. The number of hydrogen-bond donors (Lipinski definition) is 0. The number of amides is 1. The SMILES string of the molecule is CC(C)n1ncc2cc(C(=O)N3CCN(C4CCCC4)CC3)cnc21. The molecule has 0 radical (unpaired) electrons. The normalized spacial score (nSPS) is 20.0. The number of pyridine rings is 1. The predicted octanol–water partition coefficient (Wildman–Crippen LogP) is 2.71. The summed E-state index contributed by atoms with van der Waals surface area (Å²) >= 11 is 0. The predicted molar refractivity (Wildman–Crippen MR) is 97.6 cm³/mol. The molecule has 6 nitrogen and oxygen atoms in total. The van der Waals surface area contributed by atoms with Crippen molar-refractivity contribution in [3.8, 4) is 0 Å². The van der Waals surface area contributed by atoms with Gasteiger partial charge in [0.1, 0.15) is 0 Å². The lowest BCUT2D eigenvalue weighted by Gasteiger charge is -2.38. The fraction of sp³-hybridized carbons (Fsp3) is 0.632. The molecule has 2 aliphatic rings. The van der Waals surface area contributed by atoms with Crippen LogP contribution in [-0.2, 0) is 0 Å². The summed E-state index contributed by atoms with van der Waals surface area (Å²) in [5.41, 5.74) is 1.52. The molecular formula is C19H27N5O. The Morgan fingerprint density at radius 2 is 1.84 bits per heavy atom. The molecule has 3 heterocycles. The van der Waals surface area contributed by atoms with Gasteiger partial charge in [-0.05, 0) is 32.8 Å². The van der Waals surface area contributed by atoms with E-state index in [4.69, 9.17) is 0 Å². The number of carbonyl (C=O) groups excluding carboxylic acids is 1. The van der Waals surface area contributed by atoms with Crippen LogP contribution in [0.25, 0.3) is 11.0 Å². The molecule has 2 fully saturated rings. The monoisotopic (exact) mass is 341 g/mol. The zero-order chi connectivity index (χ0) is 17.4. The summed E-state index contributed by atoms with van der Waals surface area (Å²) in [6, 6.07) is 2.94. The molecule has 6 heteroatoms. The number of piperazine rings is 1. The van der Waals surface area contributed by atoms with Gasteiger partial charge in [0.05, 0.1) is 11.8 Å². The number of fused-ring (bicyclic) bond motifs is 1. The zero-order valence-corrected chi connectivity index (χ0v) is 15.2. The van der Waals surface area contributed by atoms with Crippen LogP contribution in [0, 0.1) is 0 Å². The third-order valence-electron chi connectivity index (χ3n) is 5.61. The standard InChI is InChI=1S/C19H27N5O/c1-14(2)24-18-15(13-21-24)11-16(12-20-18)19(25)23-9-7-22(8-10-23)17-5-3-4-6-17/h11-14,17H,3-10H2,1-2H3. The summed E-state index contributed by atoms with van der Waals surface area (Å²) in [5, 5.41) is 5.32. The maximum atomic E-state index is 12.9. The topological polar surface area (TPSA) is 54.3 Å². The van der Waals surface area contributed by atoms with E-state index in [1.807, 2.05) is 15.6 Å². The molecule has 4 rings (SSSR count). The summed E-state index contributed by atoms with van der Waals surface area (Å²) in [5.74, 6) is 0.0952. The fourth-order valence-corrected chi connectivity index (χ4v) is 4.18. The summed E-state index contributed by atoms with van der Waals surface area (Å²) in [7, 11) is 0. The van der Waals surface area contributed by atoms with E-state index in [1.54, 1.807) is 12.4 Å². The Kier molecular flexibility index (Phi) is 4.46. The Morgan fingerprint density at radius 1 is 1.12 bits per heavy atom. The quantitative estimate of drug-likeness (QED) is 0.861. The van der Waals surface area contributed by atoms with E-state index in [2.05, 4.69) is 28.8 Å². The summed E-state index contributed by atoms with van der Waals surface area (Å²) in [6.45, 7) is 7.79. The molecule has 0 atom stereocenters. The molecule has 2 aromatic heterocycles. The zero-order valence-electron chi connectivity index (χ0n) is 15.2. The minimum absolute atomic E-state index is 0.0952. The van der Waals surface area contributed by atoms with Gasteiger partial charge in [0.25, 0.3) is 5.91 Å². The van der Waals surface area contributed by atoms with Gasteiger partial charge in [-0.15, -0.1) is 0 Å². The van der Waals surface area contributed by atoms with Crippen LogP contribution in [-0.4, -0.2) is 62.7 Å². The van der Waals surface area contributed by atoms with Crippen LogP contribution in [0.2, 0.25) is 0 Å². The molecule has 1 aliphatic carbocycles. The maximum Gasteiger partial charge on any atom is 0.255 e. The van der Waals surface area contributed by atoms with Gasteiger partial charge in [0, 0.05) is 49.8 Å². The average Bonchev–Trinajstić information content (AvgIpc) is 3.30. The van der Waals surface area contributed by atoms with Crippen molar-refractivity contribution in [2.45, 2.75) is 51.6 Å². The van der Waals surface area contributed by atoms with E-state index in [1.165, 1.54) is 25.7 Å². The van der Waals surface area contributed by atoms with Crippen LogP contribution >= 0.6 is 0 Å². The first-order valence-electron chi connectivity index (χ1n) is 9.50. The second kappa shape index (κ2) is 6.75. The van der Waals surface area contributed by atoms with Crippen molar-refractivity contribution >= 4 is 16.9 Å². The highest BCUT2D eigenvalue weighted by atomic mass is 16.2. The Balaban J connectivity index is 1.45. The largest absolute Gasteiger partial charge is 0.336 e. The lowest BCUT2D eigenvalue weighted by molar-refractivity contribution is 0.0573. The van der Waals surface area contributed by atoms with Gasteiger partial charge >= 0.3 is 0 Å². The van der Waals surface area contributed by atoms with Crippen molar-refractivity contribution in [3.05, 3.63) is 24.0 Å². The van der Waals surface area contributed by atoms with E-state index in [-0.39, 0.29) is 11.9 Å². The van der Waals surface area contributed by atoms with Gasteiger partial charge in [0.2, 0.25) is 0 Å². The minimum Gasteiger partial charge on any atom is -0.336 e. The molecule has 1 saturated heterocycles. The van der Waals surface area contributed by atoms with Gasteiger partial charge in [-0.3, -0.25) is 9.69 Å². The van der Waals surface area contributed by atoms with Gasteiger partial charge in [-0.1, -0.05) is 12.8 Å². The lowest BCUT2D eigenvalue weighted by atomic mass is 10.1. The van der Waals surface area contributed by atoms with Crippen LogP contribution in [0.15, 0.2) is 18.5 Å². The molecule has 1 aliphatic heterocycles. The van der Waals surface area contributed by atoms with Crippen LogP contribution in [0.1, 0.15) is 55.9 Å². The first-order valence-corrected chi connectivity index (χ1v) is 9.50. The second-order valence-electron chi connectivity index (χ2n) is 7.59. The first kappa shape index (κ1) is 16.5. The molecule has 1 saturated carbocycles. The van der Waals surface area contributed by atoms with Crippen molar-refractivity contribution in [2.24, 2.45) is 0 Å².